The zero-order valence-corrected chi connectivity index (χ0v) is 20.8. The summed E-state index contributed by atoms with van der Waals surface area (Å²) in [6, 6.07) is 15.7. The van der Waals surface area contributed by atoms with Crippen LogP contribution in [0.5, 0.6) is 5.75 Å². The molecule has 2 aliphatic rings. The summed E-state index contributed by atoms with van der Waals surface area (Å²) < 4.78 is 6.00. The topological polar surface area (TPSA) is 12.5 Å². The molecule has 1 aliphatic carbocycles. The molecule has 0 bridgehead atoms. The van der Waals surface area contributed by atoms with Crippen LogP contribution in [0.2, 0.25) is 0 Å². The van der Waals surface area contributed by atoms with Crippen LogP contribution in [0.3, 0.4) is 0 Å². The van der Waals surface area contributed by atoms with Crippen molar-refractivity contribution in [2.75, 3.05) is 26.2 Å². The fourth-order valence-electron chi connectivity index (χ4n) is 5.30. The van der Waals surface area contributed by atoms with E-state index in [-0.39, 0.29) is 10.8 Å². The maximum absolute atomic E-state index is 6.00. The Morgan fingerprint density at radius 2 is 1.53 bits per heavy atom. The first-order valence-electron chi connectivity index (χ1n) is 12.5. The van der Waals surface area contributed by atoms with Gasteiger partial charge in [-0.1, -0.05) is 70.5 Å². The predicted octanol–water partition coefficient (Wildman–Crippen LogP) is 7.46. The van der Waals surface area contributed by atoms with Crippen LogP contribution >= 0.6 is 0 Å². The average Bonchev–Trinajstić information content (AvgIpc) is 2.79. The van der Waals surface area contributed by atoms with Gasteiger partial charge in [0.15, 0.2) is 0 Å². The predicted molar refractivity (Wildman–Crippen MR) is 138 cm³/mol. The molecule has 0 spiro atoms. The number of nitrogens with zero attached hydrogens (tertiary/aromatic N) is 1. The van der Waals surface area contributed by atoms with Crippen LogP contribution in [0.15, 0.2) is 42.5 Å². The summed E-state index contributed by atoms with van der Waals surface area (Å²) in [6.07, 6.45) is 8.85. The molecule has 1 aliphatic heterocycles. The molecule has 0 saturated carbocycles. The Morgan fingerprint density at radius 1 is 0.875 bits per heavy atom. The van der Waals surface area contributed by atoms with Crippen LogP contribution < -0.4 is 4.74 Å². The molecular weight excluding hydrogens is 390 g/mol. The molecule has 0 unspecified atom stereocenters. The molecule has 2 aromatic rings. The fraction of sp³-hybridized carbons (Fsp3) is 0.533. The van der Waals surface area contributed by atoms with E-state index >= 15 is 0 Å². The third-order valence-corrected chi connectivity index (χ3v) is 7.70. The lowest BCUT2D eigenvalue weighted by molar-refractivity contribution is 0.183. The van der Waals surface area contributed by atoms with Gasteiger partial charge in [-0.15, -0.1) is 0 Å². The van der Waals surface area contributed by atoms with Crippen molar-refractivity contribution >= 4 is 11.6 Å². The van der Waals surface area contributed by atoms with Crippen molar-refractivity contribution in [1.29, 1.82) is 0 Å². The minimum Gasteiger partial charge on any atom is -0.492 e. The summed E-state index contributed by atoms with van der Waals surface area (Å²) in [4.78, 5) is 2.52. The van der Waals surface area contributed by atoms with E-state index < -0.39 is 0 Å². The fourth-order valence-corrected chi connectivity index (χ4v) is 5.30. The number of likely N-dealkylation sites (tertiary alicyclic amines) is 1. The molecule has 2 aromatic carbocycles. The number of hydrogen-bond donors (Lipinski definition) is 0. The number of rotatable bonds is 6. The first-order chi connectivity index (χ1) is 15.2. The summed E-state index contributed by atoms with van der Waals surface area (Å²) >= 11 is 0. The van der Waals surface area contributed by atoms with E-state index in [0.29, 0.717) is 0 Å². The van der Waals surface area contributed by atoms with E-state index in [2.05, 4.69) is 88.1 Å². The standard InChI is InChI=1S/C30H41NO/c1-23(25-11-14-27-28(22-25)30(4,5)16-15-29(27,2)3)21-24-9-12-26(13-10-24)32-20-19-31-17-7-6-8-18-31/h9-14,21-22H,6-8,15-20H2,1-5H3/b23-21+. The van der Waals surface area contributed by atoms with Crippen LogP contribution in [-0.4, -0.2) is 31.1 Å². The number of hydrogen-bond acceptors (Lipinski definition) is 2. The minimum absolute atomic E-state index is 0.244. The highest BCUT2D eigenvalue weighted by molar-refractivity contribution is 5.80. The van der Waals surface area contributed by atoms with Crippen LogP contribution in [-0.2, 0) is 10.8 Å². The molecule has 1 saturated heterocycles. The first kappa shape index (κ1) is 23.1. The molecule has 4 rings (SSSR count). The number of benzene rings is 2. The minimum atomic E-state index is 0.244. The zero-order valence-electron chi connectivity index (χ0n) is 20.8. The van der Waals surface area contributed by atoms with Crippen LogP contribution in [0.25, 0.3) is 11.6 Å². The van der Waals surface area contributed by atoms with E-state index in [1.165, 1.54) is 73.0 Å². The van der Waals surface area contributed by atoms with Crippen LogP contribution in [0, 0.1) is 0 Å². The number of piperidine rings is 1. The van der Waals surface area contributed by atoms with E-state index in [1.54, 1.807) is 0 Å². The van der Waals surface area contributed by atoms with Crippen LogP contribution in [0.1, 0.15) is 89.0 Å². The van der Waals surface area contributed by atoms with Crippen molar-refractivity contribution in [2.24, 2.45) is 0 Å². The molecule has 0 atom stereocenters. The molecule has 0 N–H and O–H groups in total. The Labute approximate surface area is 195 Å². The van der Waals surface area contributed by atoms with Gasteiger partial charge in [0, 0.05) is 6.54 Å². The van der Waals surface area contributed by atoms with Crippen molar-refractivity contribution in [3.05, 3.63) is 64.7 Å². The Hall–Kier alpha value is -2.06. The second kappa shape index (κ2) is 9.43. The van der Waals surface area contributed by atoms with Crippen molar-refractivity contribution < 1.29 is 4.74 Å². The van der Waals surface area contributed by atoms with Gasteiger partial charge in [-0.25, -0.2) is 0 Å². The molecule has 1 heterocycles. The highest BCUT2D eigenvalue weighted by Gasteiger charge is 2.36. The Morgan fingerprint density at radius 3 is 2.22 bits per heavy atom. The molecule has 32 heavy (non-hydrogen) atoms. The summed E-state index contributed by atoms with van der Waals surface area (Å²) in [5.41, 5.74) is 7.43. The molecule has 0 aromatic heterocycles. The summed E-state index contributed by atoms with van der Waals surface area (Å²) in [5.74, 6) is 0.967. The van der Waals surface area contributed by atoms with Gasteiger partial charge in [-0.3, -0.25) is 4.90 Å². The van der Waals surface area contributed by atoms with Gasteiger partial charge in [0.05, 0.1) is 0 Å². The zero-order chi connectivity index (χ0) is 22.8. The summed E-state index contributed by atoms with van der Waals surface area (Å²) in [6.45, 7) is 16.1. The molecule has 2 heteroatoms. The summed E-state index contributed by atoms with van der Waals surface area (Å²) in [7, 11) is 0. The van der Waals surface area contributed by atoms with E-state index in [9.17, 15) is 0 Å². The maximum atomic E-state index is 6.00. The van der Waals surface area contributed by atoms with Crippen molar-refractivity contribution in [1.82, 2.24) is 4.90 Å². The molecule has 172 valence electrons. The first-order valence-corrected chi connectivity index (χ1v) is 12.5. The Bertz CT molecular complexity index is 945. The lowest BCUT2D eigenvalue weighted by Crippen LogP contribution is -2.33. The quantitative estimate of drug-likeness (QED) is 0.440. The smallest absolute Gasteiger partial charge is 0.119 e. The van der Waals surface area contributed by atoms with Gasteiger partial charge in [-0.2, -0.15) is 0 Å². The number of ether oxygens (including phenoxy) is 1. The maximum Gasteiger partial charge on any atom is 0.119 e. The van der Waals surface area contributed by atoms with Crippen LogP contribution in [0.4, 0.5) is 0 Å². The molecule has 2 nitrogen and oxygen atoms in total. The average molecular weight is 432 g/mol. The van der Waals surface area contributed by atoms with Crippen molar-refractivity contribution in [2.45, 2.75) is 77.6 Å². The van der Waals surface area contributed by atoms with Gasteiger partial charge >= 0.3 is 0 Å². The normalized spacial score (nSPS) is 20.6. The van der Waals surface area contributed by atoms with Crippen molar-refractivity contribution in [3.63, 3.8) is 0 Å². The number of fused-ring (bicyclic) bond motifs is 1. The third kappa shape index (κ3) is 5.29. The van der Waals surface area contributed by atoms with Gasteiger partial charge in [0.25, 0.3) is 0 Å². The third-order valence-electron chi connectivity index (χ3n) is 7.70. The highest BCUT2D eigenvalue weighted by Crippen LogP contribution is 2.46. The van der Waals surface area contributed by atoms with Gasteiger partial charge in [-0.05, 0) is 96.5 Å². The van der Waals surface area contributed by atoms with E-state index in [1.807, 2.05) is 0 Å². The monoisotopic (exact) mass is 431 g/mol. The SMILES string of the molecule is C/C(=C\c1ccc(OCCN2CCCCC2)cc1)c1ccc2c(c1)C(C)(C)CCC2(C)C. The van der Waals surface area contributed by atoms with Gasteiger partial charge < -0.3 is 4.74 Å². The molecule has 0 radical (unpaired) electrons. The largest absolute Gasteiger partial charge is 0.492 e. The molecule has 1 fully saturated rings. The highest BCUT2D eigenvalue weighted by atomic mass is 16.5. The molecular formula is C30H41NO. The summed E-state index contributed by atoms with van der Waals surface area (Å²) in [5, 5.41) is 0. The lowest BCUT2D eigenvalue weighted by Gasteiger charge is -2.42. The number of allylic oxidation sites excluding steroid dienone is 1. The second-order valence-electron chi connectivity index (χ2n) is 11.2. The van der Waals surface area contributed by atoms with Crippen molar-refractivity contribution in [3.8, 4) is 5.75 Å². The lowest BCUT2D eigenvalue weighted by atomic mass is 9.63. The van der Waals surface area contributed by atoms with E-state index in [0.717, 1.165) is 18.9 Å². The Balaban J connectivity index is 1.42. The second-order valence-corrected chi connectivity index (χ2v) is 11.2. The van der Waals surface area contributed by atoms with Gasteiger partial charge in [0.1, 0.15) is 12.4 Å². The molecule has 0 amide bonds. The van der Waals surface area contributed by atoms with E-state index in [4.69, 9.17) is 4.74 Å². The van der Waals surface area contributed by atoms with Gasteiger partial charge in [0.2, 0.25) is 0 Å². The Kier molecular flexibility index (Phi) is 6.81.